The van der Waals surface area contributed by atoms with Crippen LogP contribution in [0.2, 0.25) is 0 Å². The summed E-state index contributed by atoms with van der Waals surface area (Å²) in [4.78, 5) is 12.5. The number of fused-ring (bicyclic) bond motifs is 1. The Morgan fingerprint density at radius 3 is 3.17 bits per heavy atom. The Labute approximate surface area is 114 Å². The summed E-state index contributed by atoms with van der Waals surface area (Å²) in [6, 6.07) is 5.70. The first-order chi connectivity index (χ1) is 8.75. The van der Waals surface area contributed by atoms with Crippen LogP contribution in [0.25, 0.3) is 5.52 Å². The normalized spacial score (nSPS) is 16.7. The Bertz CT molecular complexity index is 576. The molecule has 1 aliphatic rings. The highest BCUT2D eigenvalue weighted by molar-refractivity contribution is 9.09. The number of nitrogens with one attached hydrogen (secondary N) is 1. The van der Waals surface area contributed by atoms with E-state index in [4.69, 9.17) is 0 Å². The van der Waals surface area contributed by atoms with E-state index in [9.17, 15) is 4.79 Å². The van der Waals surface area contributed by atoms with Crippen molar-refractivity contribution in [3.05, 3.63) is 36.2 Å². The highest BCUT2D eigenvalue weighted by Crippen LogP contribution is 2.36. The molecule has 1 N–H and O–H groups in total. The van der Waals surface area contributed by atoms with Gasteiger partial charge in [0.2, 0.25) is 0 Å². The third-order valence-electron chi connectivity index (χ3n) is 3.26. The van der Waals surface area contributed by atoms with E-state index in [1.165, 1.54) is 12.8 Å². The fourth-order valence-electron chi connectivity index (χ4n) is 2.02. The van der Waals surface area contributed by atoms with Gasteiger partial charge >= 0.3 is 0 Å². The monoisotopic (exact) mass is 307 g/mol. The molecule has 2 aromatic rings. The van der Waals surface area contributed by atoms with Gasteiger partial charge in [-0.05, 0) is 30.9 Å². The number of carbonyl (C=O) groups is 1. The number of hydrogen-bond acceptors (Lipinski definition) is 2. The molecule has 0 radical (unpaired) electrons. The maximum absolute atomic E-state index is 12.1. The lowest BCUT2D eigenvalue weighted by Gasteiger charge is -2.09. The van der Waals surface area contributed by atoms with Crippen LogP contribution >= 0.6 is 15.9 Å². The maximum atomic E-state index is 12.1. The number of hydrogen-bond donors (Lipinski definition) is 1. The highest BCUT2D eigenvalue weighted by Gasteiger charge is 2.29. The average molecular weight is 308 g/mol. The molecular formula is C13H14BrN3O. The van der Waals surface area contributed by atoms with Gasteiger partial charge in [0, 0.05) is 17.6 Å². The number of aromatic nitrogens is 2. The van der Waals surface area contributed by atoms with Crippen LogP contribution in [-0.4, -0.2) is 26.9 Å². The molecule has 0 saturated heterocycles. The van der Waals surface area contributed by atoms with Gasteiger partial charge in [0.15, 0.2) is 0 Å². The summed E-state index contributed by atoms with van der Waals surface area (Å²) in [7, 11) is 0. The summed E-state index contributed by atoms with van der Waals surface area (Å²) in [6.07, 6.45) is 5.99. The first kappa shape index (κ1) is 11.7. The van der Waals surface area contributed by atoms with E-state index in [1.54, 1.807) is 10.7 Å². The molecule has 1 fully saturated rings. The standard InChI is InChI=1S/C13H14BrN3O/c14-11(9-4-5-9)8-15-13(18)10-7-16-17-6-2-1-3-12(10)17/h1-3,6-7,9,11H,4-5,8H2,(H,15,18). The summed E-state index contributed by atoms with van der Waals surface area (Å²) >= 11 is 3.61. The lowest BCUT2D eigenvalue weighted by molar-refractivity contribution is 0.0955. The van der Waals surface area contributed by atoms with E-state index in [2.05, 4.69) is 26.3 Å². The van der Waals surface area contributed by atoms with Crippen molar-refractivity contribution >= 4 is 27.4 Å². The fraction of sp³-hybridized carbons (Fsp3) is 0.385. The second-order valence-corrected chi connectivity index (χ2v) is 5.83. The van der Waals surface area contributed by atoms with Gasteiger partial charge in [-0.1, -0.05) is 22.0 Å². The van der Waals surface area contributed by atoms with E-state index < -0.39 is 0 Å². The Hall–Kier alpha value is -1.36. The zero-order valence-electron chi connectivity index (χ0n) is 9.84. The van der Waals surface area contributed by atoms with Crippen LogP contribution in [-0.2, 0) is 0 Å². The van der Waals surface area contributed by atoms with E-state index in [0.29, 0.717) is 16.9 Å². The number of amides is 1. The first-order valence-corrected chi connectivity index (χ1v) is 7.02. The lowest BCUT2D eigenvalue weighted by atomic mass is 10.2. The molecule has 1 aliphatic carbocycles. The van der Waals surface area contributed by atoms with E-state index in [1.807, 2.05) is 24.4 Å². The summed E-state index contributed by atoms with van der Waals surface area (Å²) in [6.45, 7) is 0.674. The van der Waals surface area contributed by atoms with Crippen LogP contribution in [0.1, 0.15) is 23.2 Å². The molecule has 1 amide bonds. The molecule has 1 atom stereocenters. The van der Waals surface area contributed by atoms with Gasteiger partial charge in [-0.15, -0.1) is 0 Å². The van der Waals surface area contributed by atoms with Crippen molar-refractivity contribution in [2.75, 3.05) is 6.54 Å². The van der Waals surface area contributed by atoms with Gasteiger partial charge in [0.05, 0.1) is 17.3 Å². The van der Waals surface area contributed by atoms with E-state index in [-0.39, 0.29) is 5.91 Å². The fourth-order valence-corrected chi connectivity index (χ4v) is 2.71. The second kappa shape index (κ2) is 4.72. The molecular weight excluding hydrogens is 294 g/mol. The van der Waals surface area contributed by atoms with Gasteiger partial charge < -0.3 is 5.32 Å². The average Bonchev–Trinajstić information content (AvgIpc) is 3.15. The van der Waals surface area contributed by atoms with Crippen molar-refractivity contribution in [2.45, 2.75) is 17.7 Å². The summed E-state index contributed by atoms with van der Waals surface area (Å²) in [5, 5.41) is 7.12. The largest absolute Gasteiger partial charge is 0.351 e. The predicted octanol–water partition coefficient (Wildman–Crippen LogP) is 2.24. The van der Waals surface area contributed by atoms with Crippen molar-refractivity contribution in [1.29, 1.82) is 0 Å². The van der Waals surface area contributed by atoms with Crippen molar-refractivity contribution < 1.29 is 4.79 Å². The Balaban J connectivity index is 1.71. The summed E-state index contributed by atoms with van der Waals surface area (Å²) in [5.74, 6) is 0.676. The Morgan fingerprint density at radius 1 is 1.56 bits per heavy atom. The van der Waals surface area contributed by atoms with Gasteiger partial charge in [-0.2, -0.15) is 5.10 Å². The number of pyridine rings is 1. The van der Waals surface area contributed by atoms with Gasteiger partial charge in [0.1, 0.15) is 0 Å². The molecule has 0 aromatic carbocycles. The van der Waals surface area contributed by atoms with Crippen LogP contribution in [0.5, 0.6) is 0 Å². The summed E-state index contributed by atoms with van der Waals surface area (Å²) in [5.41, 5.74) is 1.47. The van der Waals surface area contributed by atoms with Crippen molar-refractivity contribution in [1.82, 2.24) is 14.9 Å². The molecule has 18 heavy (non-hydrogen) atoms. The second-order valence-electron chi connectivity index (χ2n) is 4.65. The molecule has 94 valence electrons. The number of alkyl halides is 1. The van der Waals surface area contributed by atoms with Gasteiger partial charge in [-0.25, -0.2) is 4.52 Å². The lowest BCUT2D eigenvalue weighted by Crippen LogP contribution is -2.30. The Morgan fingerprint density at radius 2 is 2.39 bits per heavy atom. The van der Waals surface area contributed by atoms with Gasteiger partial charge in [0.25, 0.3) is 5.91 Å². The molecule has 1 unspecified atom stereocenters. The number of nitrogens with zero attached hydrogens (tertiary/aromatic N) is 2. The molecule has 1 saturated carbocycles. The van der Waals surface area contributed by atoms with Crippen LogP contribution < -0.4 is 5.32 Å². The number of rotatable bonds is 4. The molecule has 0 spiro atoms. The minimum absolute atomic E-state index is 0.0544. The molecule has 3 rings (SSSR count). The summed E-state index contributed by atoms with van der Waals surface area (Å²) < 4.78 is 1.71. The van der Waals surface area contributed by atoms with Gasteiger partial charge in [-0.3, -0.25) is 4.79 Å². The third-order valence-corrected chi connectivity index (χ3v) is 4.33. The highest BCUT2D eigenvalue weighted by atomic mass is 79.9. The number of halogens is 1. The molecule has 2 heterocycles. The van der Waals surface area contributed by atoms with Crippen molar-refractivity contribution in [3.8, 4) is 0 Å². The molecule has 4 nitrogen and oxygen atoms in total. The predicted molar refractivity (Wildman–Crippen MR) is 73.0 cm³/mol. The van der Waals surface area contributed by atoms with Crippen molar-refractivity contribution in [2.24, 2.45) is 5.92 Å². The first-order valence-electron chi connectivity index (χ1n) is 6.10. The molecule has 5 heteroatoms. The number of carbonyl (C=O) groups excluding carboxylic acids is 1. The molecule has 0 aliphatic heterocycles. The smallest absolute Gasteiger partial charge is 0.255 e. The topological polar surface area (TPSA) is 46.4 Å². The quantitative estimate of drug-likeness (QED) is 0.881. The zero-order chi connectivity index (χ0) is 12.5. The molecule has 0 bridgehead atoms. The van der Waals surface area contributed by atoms with Crippen LogP contribution in [0, 0.1) is 5.92 Å². The SMILES string of the molecule is O=C(NCC(Br)C1CC1)c1cnn2ccccc12. The zero-order valence-corrected chi connectivity index (χ0v) is 11.4. The maximum Gasteiger partial charge on any atom is 0.255 e. The van der Waals surface area contributed by atoms with Crippen LogP contribution in [0.4, 0.5) is 0 Å². The van der Waals surface area contributed by atoms with E-state index in [0.717, 1.165) is 11.4 Å². The van der Waals surface area contributed by atoms with Crippen LogP contribution in [0.3, 0.4) is 0 Å². The van der Waals surface area contributed by atoms with E-state index >= 15 is 0 Å². The van der Waals surface area contributed by atoms with Crippen molar-refractivity contribution in [3.63, 3.8) is 0 Å². The molecule has 2 aromatic heterocycles. The Kier molecular flexibility index (Phi) is 3.07. The minimum atomic E-state index is -0.0544. The third kappa shape index (κ3) is 2.27. The minimum Gasteiger partial charge on any atom is -0.351 e. The van der Waals surface area contributed by atoms with Crippen LogP contribution in [0.15, 0.2) is 30.6 Å².